The van der Waals surface area contributed by atoms with Gasteiger partial charge in [0, 0.05) is 37.5 Å². The Hall–Kier alpha value is -0.850. The van der Waals surface area contributed by atoms with E-state index in [9.17, 15) is 0 Å². The lowest BCUT2D eigenvalue weighted by Crippen LogP contribution is -1.95. The van der Waals surface area contributed by atoms with Gasteiger partial charge in [0.25, 0.3) is 0 Å². The van der Waals surface area contributed by atoms with Crippen molar-refractivity contribution in [1.82, 2.24) is 19.6 Å². The smallest absolute Gasteiger partial charge is 0.127 e. The van der Waals surface area contributed by atoms with Gasteiger partial charge in [-0.2, -0.15) is 10.2 Å². The zero-order chi connectivity index (χ0) is 11.7. The van der Waals surface area contributed by atoms with Crippen LogP contribution in [0.2, 0.25) is 0 Å². The van der Waals surface area contributed by atoms with Gasteiger partial charge in [-0.1, -0.05) is 0 Å². The van der Waals surface area contributed by atoms with Crippen molar-refractivity contribution in [2.75, 3.05) is 0 Å². The zero-order valence-electron chi connectivity index (χ0n) is 9.74. The molecule has 0 aliphatic heterocycles. The van der Waals surface area contributed by atoms with Crippen molar-refractivity contribution in [3.8, 4) is 0 Å². The fraction of sp³-hybridized carbons (Fsp3) is 0.455. The molecule has 5 heteroatoms. The van der Waals surface area contributed by atoms with Crippen molar-refractivity contribution in [3.05, 3.63) is 32.9 Å². The molecule has 86 valence electrons. The molecule has 0 radical (unpaired) electrons. The van der Waals surface area contributed by atoms with Crippen LogP contribution in [0.1, 0.15) is 23.7 Å². The minimum atomic E-state index is 0.915. The number of hydrogen-bond donors (Lipinski definition) is 0. The predicted molar refractivity (Wildman–Crippen MR) is 71.4 cm³/mol. The highest BCUT2D eigenvalue weighted by atomic mass is 127. The Bertz CT molecular complexity index is 498. The first-order valence-corrected chi connectivity index (χ1v) is 6.39. The molecule has 2 heterocycles. The molecule has 0 aliphatic carbocycles. The molecule has 4 nitrogen and oxygen atoms in total. The highest BCUT2D eigenvalue weighted by Crippen LogP contribution is 2.18. The lowest BCUT2D eigenvalue weighted by Gasteiger charge is -1.98. The van der Waals surface area contributed by atoms with E-state index in [1.54, 1.807) is 0 Å². The normalized spacial score (nSPS) is 11.0. The minimum absolute atomic E-state index is 0.915. The quantitative estimate of drug-likeness (QED) is 0.809. The molecule has 0 aromatic carbocycles. The average molecular weight is 330 g/mol. The molecule has 0 spiro atoms. The molecule has 0 amide bonds. The summed E-state index contributed by atoms with van der Waals surface area (Å²) in [6.45, 7) is 5.12. The van der Waals surface area contributed by atoms with E-state index in [-0.39, 0.29) is 0 Å². The third kappa shape index (κ3) is 2.14. The fourth-order valence-electron chi connectivity index (χ4n) is 1.69. The Kier molecular flexibility index (Phi) is 3.32. The summed E-state index contributed by atoms with van der Waals surface area (Å²) >= 11 is 2.29. The van der Waals surface area contributed by atoms with Gasteiger partial charge in [-0.3, -0.25) is 9.36 Å². The fourth-order valence-corrected chi connectivity index (χ4v) is 2.59. The maximum Gasteiger partial charge on any atom is 0.127 e. The van der Waals surface area contributed by atoms with Crippen molar-refractivity contribution < 1.29 is 0 Å². The van der Waals surface area contributed by atoms with E-state index in [1.165, 1.54) is 16.8 Å². The molecular formula is C11H15IN4. The van der Waals surface area contributed by atoms with E-state index < -0.39 is 0 Å². The van der Waals surface area contributed by atoms with E-state index in [0.29, 0.717) is 0 Å². The predicted octanol–water partition coefficient (Wildman–Crippen LogP) is 2.14. The van der Waals surface area contributed by atoms with E-state index in [1.807, 2.05) is 22.6 Å². The number of hydrogen-bond acceptors (Lipinski definition) is 2. The summed E-state index contributed by atoms with van der Waals surface area (Å²) in [6.07, 6.45) is 4.95. The lowest BCUT2D eigenvalue weighted by atomic mass is 10.1. The standard InChI is InChI=1S/C11H15IN4/c1-4-16-7-9(6-13-16)5-10-8(2)15(3)14-11(10)12/h6-7H,4-5H2,1-3H3. The largest absolute Gasteiger partial charge is 0.273 e. The minimum Gasteiger partial charge on any atom is -0.273 e. The average Bonchev–Trinajstić information content (AvgIpc) is 2.80. The van der Waals surface area contributed by atoms with E-state index in [4.69, 9.17) is 0 Å². The van der Waals surface area contributed by atoms with E-state index >= 15 is 0 Å². The monoisotopic (exact) mass is 330 g/mol. The Morgan fingerprint density at radius 1 is 1.44 bits per heavy atom. The molecule has 0 bridgehead atoms. The molecule has 2 aromatic rings. The molecule has 0 fully saturated rings. The van der Waals surface area contributed by atoms with Crippen LogP contribution in [0, 0.1) is 10.6 Å². The van der Waals surface area contributed by atoms with E-state index in [0.717, 1.165) is 16.7 Å². The summed E-state index contributed by atoms with van der Waals surface area (Å²) in [5.74, 6) is 0. The molecule has 0 unspecified atom stereocenters. The Morgan fingerprint density at radius 3 is 2.69 bits per heavy atom. The lowest BCUT2D eigenvalue weighted by molar-refractivity contribution is 0.659. The Morgan fingerprint density at radius 2 is 2.19 bits per heavy atom. The van der Waals surface area contributed by atoms with Crippen LogP contribution < -0.4 is 0 Å². The van der Waals surface area contributed by atoms with Crippen LogP contribution in [-0.2, 0) is 20.0 Å². The first-order valence-electron chi connectivity index (χ1n) is 5.31. The number of nitrogens with zero attached hydrogens (tertiary/aromatic N) is 4. The second-order valence-corrected chi connectivity index (χ2v) is 4.88. The van der Waals surface area contributed by atoms with Crippen LogP contribution >= 0.6 is 22.6 Å². The van der Waals surface area contributed by atoms with Crippen LogP contribution in [0.3, 0.4) is 0 Å². The van der Waals surface area contributed by atoms with Crippen molar-refractivity contribution in [1.29, 1.82) is 0 Å². The van der Waals surface area contributed by atoms with E-state index in [2.05, 4.69) is 52.8 Å². The highest BCUT2D eigenvalue weighted by Gasteiger charge is 2.11. The molecule has 0 N–H and O–H groups in total. The van der Waals surface area contributed by atoms with Crippen LogP contribution in [-0.4, -0.2) is 19.6 Å². The van der Waals surface area contributed by atoms with Crippen molar-refractivity contribution in [2.24, 2.45) is 7.05 Å². The van der Waals surface area contributed by atoms with Gasteiger partial charge in [0.1, 0.15) is 3.70 Å². The number of aryl methyl sites for hydroxylation is 2. The second-order valence-electron chi connectivity index (χ2n) is 3.86. The van der Waals surface area contributed by atoms with Gasteiger partial charge in [0.2, 0.25) is 0 Å². The maximum atomic E-state index is 4.41. The van der Waals surface area contributed by atoms with Crippen LogP contribution in [0.15, 0.2) is 12.4 Å². The molecule has 0 aliphatic rings. The maximum absolute atomic E-state index is 4.41. The molecule has 2 aromatic heterocycles. The molecule has 0 atom stereocenters. The molecular weight excluding hydrogens is 315 g/mol. The van der Waals surface area contributed by atoms with Gasteiger partial charge in [-0.15, -0.1) is 0 Å². The number of rotatable bonds is 3. The van der Waals surface area contributed by atoms with Gasteiger partial charge < -0.3 is 0 Å². The summed E-state index contributed by atoms with van der Waals surface area (Å²) in [5.41, 5.74) is 3.78. The van der Waals surface area contributed by atoms with Gasteiger partial charge in [-0.05, 0) is 42.0 Å². The first kappa shape index (κ1) is 11.6. The summed E-state index contributed by atoms with van der Waals surface area (Å²) in [5, 5.41) is 8.69. The van der Waals surface area contributed by atoms with Gasteiger partial charge >= 0.3 is 0 Å². The summed E-state index contributed by atoms with van der Waals surface area (Å²) in [7, 11) is 1.98. The molecule has 0 saturated carbocycles. The van der Waals surface area contributed by atoms with Crippen molar-refractivity contribution in [3.63, 3.8) is 0 Å². The topological polar surface area (TPSA) is 35.6 Å². The van der Waals surface area contributed by atoms with Crippen molar-refractivity contribution in [2.45, 2.75) is 26.8 Å². The summed E-state index contributed by atoms with van der Waals surface area (Å²) in [6, 6.07) is 0. The Balaban J connectivity index is 2.26. The third-order valence-electron chi connectivity index (χ3n) is 2.80. The van der Waals surface area contributed by atoms with Crippen molar-refractivity contribution >= 4 is 22.6 Å². The summed E-state index contributed by atoms with van der Waals surface area (Å²) < 4.78 is 4.97. The van der Waals surface area contributed by atoms with Crippen LogP contribution in [0.5, 0.6) is 0 Å². The SMILES string of the molecule is CCn1cc(Cc2c(I)nn(C)c2C)cn1. The summed E-state index contributed by atoms with van der Waals surface area (Å²) in [4.78, 5) is 0. The van der Waals surface area contributed by atoms with Gasteiger partial charge in [0.15, 0.2) is 0 Å². The Labute approximate surface area is 109 Å². The second kappa shape index (κ2) is 4.57. The van der Waals surface area contributed by atoms with Crippen LogP contribution in [0.25, 0.3) is 0 Å². The number of aromatic nitrogens is 4. The highest BCUT2D eigenvalue weighted by molar-refractivity contribution is 14.1. The third-order valence-corrected chi connectivity index (χ3v) is 3.67. The van der Waals surface area contributed by atoms with Crippen LogP contribution in [0.4, 0.5) is 0 Å². The first-order chi connectivity index (χ1) is 7.61. The molecule has 16 heavy (non-hydrogen) atoms. The van der Waals surface area contributed by atoms with Gasteiger partial charge in [-0.25, -0.2) is 0 Å². The molecule has 2 rings (SSSR count). The van der Waals surface area contributed by atoms with Gasteiger partial charge in [0.05, 0.1) is 6.20 Å². The zero-order valence-corrected chi connectivity index (χ0v) is 11.9. The number of halogens is 1. The molecule has 0 saturated heterocycles.